The van der Waals surface area contributed by atoms with Crippen LogP contribution in [0.1, 0.15) is 0 Å². The summed E-state index contributed by atoms with van der Waals surface area (Å²) in [6.45, 7) is 0. The summed E-state index contributed by atoms with van der Waals surface area (Å²) in [6, 6.07) is 7.82. The van der Waals surface area contributed by atoms with Gasteiger partial charge in [0.2, 0.25) is 5.95 Å². The normalized spacial score (nSPS) is 11.5. The summed E-state index contributed by atoms with van der Waals surface area (Å²) < 4.78 is 23.5. The van der Waals surface area contributed by atoms with Crippen LogP contribution in [-0.2, 0) is 0 Å². The minimum absolute atomic E-state index is 0.220. The van der Waals surface area contributed by atoms with Crippen molar-refractivity contribution in [2.24, 2.45) is 0 Å². The van der Waals surface area contributed by atoms with E-state index in [2.05, 4.69) is 13.7 Å². The van der Waals surface area contributed by atoms with E-state index in [-0.39, 0.29) is 11.8 Å². The first-order valence-corrected chi connectivity index (χ1v) is 7.10. The number of fused-ring (bicyclic) bond motifs is 2. The molecule has 0 aliphatic rings. The quantitative estimate of drug-likeness (QED) is 0.583. The van der Waals surface area contributed by atoms with Crippen LogP contribution in [0.3, 0.4) is 0 Å². The molecule has 0 radical (unpaired) electrons. The monoisotopic (exact) mass is 319 g/mol. The summed E-state index contributed by atoms with van der Waals surface area (Å²) in [5.74, 6) is -0.148. The molecule has 0 saturated heterocycles. The SMILES string of the molecule is Nc1nc2cc(F)ccc2n1-c1c(Cl)ccc2nsnc12. The lowest BCUT2D eigenvalue weighted by molar-refractivity contribution is 0.629. The molecular weight excluding hydrogens is 313 g/mol. The average molecular weight is 320 g/mol. The third kappa shape index (κ3) is 1.78. The molecule has 8 heteroatoms. The molecule has 0 amide bonds. The highest BCUT2D eigenvalue weighted by Crippen LogP contribution is 2.33. The first-order valence-electron chi connectivity index (χ1n) is 6.00. The summed E-state index contributed by atoms with van der Waals surface area (Å²) in [6.07, 6.45) is 0. The molecule has 2 aromatic carbocycles. The summed E-state index contributed by atoms with van der Waals surface area (Å²) in [7, 11) is 0. The summed E-state index contributed by atoms with van der Waals surface area (Å²) in [5.41, 5.74) is 9.09. The number of imidazole rings is 1. The molecule has 0 aliphatic heterocycles. The van der Waals surface area contributed by atoms with Gasteiger partial charge in [-0.3, -0.25) is 4.57 Å². The Morgan fingerprint density at radius 2 is 2.00 bits per heavy atom. The van der Waals surface area contributed by atoms with E-state index in [4.69, 9.17) is 17.3 Å². The lowest BCUT2D eigenvalue weighted by atomic mass is 10.2. The van der Waals surface area contributed by atoms with Crippen molar-refractivity contribution in [3.05, 3.63) is 41.2 Å². The van der Waals surface area contributed by atoms with Gasteiger partial charge in [-0.1, -0.05) is 11.6 Å². The highest BCUT2D eigenvalue weighted by Gasteiger charge is 2.18. The van der Waals surface area contributed by atoms with E-state index in [1.165, 1.54) is 12.1 Å². The fourth-order valence-electron chi connectivity index (χ4n) is 2.33. The maximum atomic E-state index is 13.3. The van der Waals surface area contributed by atoms with Crippen LogP contribution in [0.2, 0.25) is 5.02 Å². The Balaban J connectivity index is 2.16. The standard InChI is InChI=1S/C13H7ClFN5S/c14-7-2-3-8-11(19-21-18-8)12(7)20-10-4-1-6(15)5-9(10)17-13(20)16/h1-5H,(H2,16,17). The van der Waals surface area contributed by atoms with Gasteiger partial charge in [-0.05, 0) is 24.3 Å². The Kier molecular flexibility index (Phi) is 2.60. The molecule has 0 saturated carbocycles. The number of halogens is 2. The van der Waals surface area contributed by atoms with Crippen LogP contribution in [-0.4, -0.2) is 18.3 Å². The minimum atomic E-state index is -0.369. The van der Waals surface area contributed by atoms with Crippen molar-refractivity contribution in [1.82, 2.24) is 18.3 Å². The van der Waals surface area contributed by atoms with Gasteiger partial charge < -0.3 is 5.73 Å². The molecule has 2 aromatic heterocycles. The van der Waals surface area contributed by atoms with Crippen LogP contribution in [0.5, 0.6) is 0 Å². The van der Waals surface area contributed by atoms with E-state index >= 15 is 0 Å². The Labute approximate surface area is 127 Å². The number of anilines is 1. The van der Waals surface area contributed by atoms with Gasteiger partial charge in [0.05, 0.1) is 33.5 Å². The number of aromatic nitrogens is 4. The first-order chi connectivity index (χ1) is 10.1. The second-order valence-corrected chi connectivity index (χ2v) is 5.40. The molecule has 0 atom stereocenters. The number of nitrogen functional groups attached to an aromatic ring is 1. The largest absolute Gasteiger partial charge is 0.369 e. The lowest BCUT2D eigenvalue weighted by Gasteiger charge is -2.09. The van der Waals surface area contributed by atoms with Crippen molar-refractivity contribution in [1.29, 1.82) is 0 Å². The lowest BCUT2D eigenvalue weighted by Crippen LogP contribution is -2.02. The van der Waals surface area contributed by atoms with E-state index in [0.717, 1.165) is 17.2 Å². The molecule has 5 nitrogen and oxygen atoms in total. The number of benzene rings is 2. The topological polar surface area (TPSA) is 69.6 Å². The van der Waals surface area contributed by atoms with E-state index in [1.54, 1.807) is 22.8 Å². The second-order valence-electron chi connectivity index (χ2n) is 4.47. The Hall–Kier alpha value is -2.25. The van der Waals surface area contributed by atoms with Crippen LogP contribution in [0.4, 0.5) is 10.3 Å². The van der Waals surface area contributed by atoms with E-state index in [0.29, 0.717) is 27.3 Å². The Bertz CT molecular complexity index is 993. The molecule has 0 aliphatic carbocycles. The number of nitrogens with zero attached hydrogens (tertiary/aromatic N) is 4. The van der Waals surface area contributed by atoms with Crippen molar-refractivity contribution in [3.8, 4) is 5.69 Å². The molecule has 4 rings (SSSR count). The smallest absolute Gasteiger partial charge is 0.206 e. The zero-order valence-corrected chi connectivity index (χ0v) is 12.0. The van der Waals surface area contributed by atoms with E-state index < -0.39 is 0 Å². The van der Waals surface area contributed by atoms with Gasteiger partial charge in [0.25, 0.3) is 0 Å². The first kappa shape index (κ1) is 12.5. The Morgan fingerprint density at radius 3 is 2.86 bits per heavy atom. The summed E-state index contributed by atoms with van der Waals surface area (Å²) >= 11 is 7.41. The van der Waals surface area contributed by atoms with Gasteiger partial charge in [0, 0.05) is 6.07 Å². The van der Waals surface area contributed by atoms with Gasteiger partial charge in [-0.25, -0.2) is 9.37 Å². The number of hydrogen-bond donors (Lipinski definition) is 1. The molecule has 0 unspecified atom stereocenters. The maximum absolute atomic E-state index is 13.3. The molecule has 0 spiro atoms. The molecule has 2 N–H and O–H groups in total. The molecule has 4 aromatic rings. The third-order valence-corrected chi connectivity index (χ3v) is 4.07. The molecule has 0 fully saturated rings. The third-order valence-electron chi connectivity index (χ3n) is 3.22. The maximum Gasteiger partial charge on any atom is 0.206 e. The number of rotatable bonds is 1. The summed E-state index contributed by atoms with van der Waals surface area (Å²) in [5, 5.41) is 0.477. The van der Waals surface area contributed by atoms with Crippen LogP contribution in [0.25, 0.3) is 27.8 Å². The average Bonchev–Trinajstić information content (AvgIpc) is 3.02. The van der Waals surface area contributed by atoms with Crippen molar-refractivity contribution in [3.63, 3.8) is 0 Å². The van der Waals surface area contributed by atoms with Gasteiger partial charge in [-0.15, -0.1) is 0 Å². The predicted molar refractivity (Wildman–Crippen MR) is 81.4 cm³/mol. The number of nitrogens with two attached hydrogens (primary N) is 1. The molecule has 2 heterocycles. The number of hydrogen-bond acceptors (Lipinski definition) is 5. The zero-order valence-electron chi connectivity index (χ0n) is 10.4. The van der Waals surface area contributed by atoms with Gasteiger partial charge in [0.1, 0.15) is 16.9 Å². The molecule has 0 bridgehead atoms. The van der Waals surface area contributed by atoms with Crippen molar-refractivity contribution in [2.45, 2.75) is 0 Å². The molecular formula is C13H7ClFN5S. The highest BCUT2D eigenvalue weighted by molar-refractivity contribution is 7.00. The fourth-order valence-corrected chi connectivity index (χ4v) is 3.11. The summed E-state index contributed by atoms with van der Waals surface area (Å²) in [4.78, 5) is 4.18. The van der Waals surface area contributed by atoms with Crippen molar-refractivity contribution < 1.29 is 4.39 Å². The van der Waals surface area contributed by atoms with Crippen molar-refractivity contribution in [2.75, 3.05) is 5.73 Å². The van der Waals surface area contributed by atoms with Gasteiger partial charge in [-0.2, -0.15) is 8.75 Å². The second kappa shape index (κ2) is 4.37. The van der Waals surface area contributed by atoms with Crippen LogP contribution in [0, 0.1) is 5.82 Å². The van der Waals surface area contributed by atoms with E-state index in [1.807, 2.05) is 0 Å². The minimum Gasteiger partial charge on any atom is -0.369 e. The van der Waals surface area contributed by atoms with Gasteiger partial charge in [0.15, 0.2) is 0 Å². The Morgan fingerprint density at radius 1 is 1.14 bits per heavy atom. The van der Waals surface area contributed by atoms with Crippen LogP contribution < -0.4 is 5.73 Å². The van der Waals surface area contributed by atoms with Crippen LogP contribution >= 0.6 is 23.3 Å². The zero-order chi connectivity index (χ0) is 14.6. The molecule has 104 valence electrons. The van der Waals surface area contributed by atoms with Gasteiger partial charge >= 0.3 is 0 Å². The molecule has 21 heavy (non-hydrogen) atoms. The fraction of sp³-hybridized carbons (Fsp3) is 0. The predicted octanol–water partition coefficient (Wildman–Crippen LogP) is 3.40. The highest BCUT2D eigenvalue weighted by atomic mass is 35.5. The van der Waals surface area contributed by atoms with E-state index in [9.17, 15) is 4.39 Å². The van der Waals surface area contributed by atoms with Crippen molar-refractivity contribution >= 4 is 51.3 Å². The van der Waals surface area contributed by atoms with Crippen LogP contribution in [0.15, 0.2) is 30.3 Å².